The average molecular weight is 212 g/mol. The van der Waals surface area contributed by atoms with E-state index in [0.29, 0.717) is 5.02 Å². The van der Waals surface area contributed by atoms with Crippen molar-refractivity contribution in [2.75, 3.05) is 0 Å². The maximum atomic E-state index is 11.5. The minimum atomic E-state index is -1.76. The second-order valence-corrected chi connectivity index (χ2v) is 3.31. The summed E-state index contributed by atoms with van der Waals surface area (Å²) in [6, 6.07) is 1.91. The molecule has 1 atom stereocenters. The molecular formula is C7H2ClN3O3. The number of rotatable bonds is 0. The van der Waals surface area contributed by atoms with E-state index < -0.39 is 10.9 Å². The second kappa shape index (κ2) is 2.11. The fraction of sp³-hybridized carbons (Fsp3) is 0. The second-order valence-electron chi connectivity index (χ2n) is 2.88. The number of carbonyl (C=O) groups is 1. The molecule has 2 amide bonds. The molecular weight excluding hydrogens is 210 g/mol. The van der Waals surface area contributed by atoms with Gasteiger partial charge >= 0.3 is 6.03 Å². The van der Waals surface area contributed by atoms with E-state index in [-0.39, 0.29) is 16.5 Å². The van der Waals surface area contributed by atoms with Gasteiger partial charge in [0, 0.05) is 16.0 Å². The molecule has 3 aliphatic heterocycles. The summed E-state index contributed by atoms with van der Waals surface area (Å²) < 4.78 is 0. The Morgan fingerprint density at radius 1 is 1.50 bits per heavy atom. The van der Waals surface area contributed by atoms with Gasteiger partial charge in [0.05, 0.1) is 0 Å². The number of nitrogens with zero attached hydrogens (tertiary/aromatic N) is 3. The quantitative estimate of drug-likeness (QED) is 0.456. The maximum absolute atomic E-state index is 11.5. The summed E-state index contributed by atoms with van der Waals surface area (Å²) in [6.45, 7) is 0. The van der Waals surface area contributed by atoms with Crippen molar-refractivity contribution >= 4 is 17.6 Å². The minimum Gasteiger partial charge on any atom is -0.552 e. The van der Waals surface area contributed by atoms with Crippen LogP contribution in [0.3, 0.4) is 0 Å². The smallest absolute Gasteiger partial charge is 0.514 e. The molecule has 70 valence electrons. The molecule has 3 heterocycles. The first-order chi connectivity index (χ1) is 6.58. The van der Waals surface area contributed by atoms with Crippen LogP contribution in [-0.2, 0) is 0 Å². The Morgan fingerprint density at radius 3 is 2.93 bits per heavy atom. The van der Waals surface area contributed by atoms with Crippen LogP contribution in [-0.4, -0.2) is 10.9 Å². The van der Waals surface area contributed by atoms with E-state index in [1.54, 1.807) is 0 Å². The number of hydrogen-bond donors (Lipinski definition) is 0. The molecule has 3 aliphatic rings. The van der Waals surface area contributed by atoms with Crippen LogP contribution in [0.4, 0.5) is 4.79 Å². The Labute approximate surface area is 81.8 Å². The van der Waals surface area contributed by atoms with E-state index in [9.17, 15) is 10.0 Å². The Hall–Kier alpha value is -1.50. The zero-order chi connectivity index (χ0) is 9.92. The molecule has 0 saturated carbocycles. The number of amides is 2. The highest BCUT2D eigenvalue weighted by molar-refractivity contribution is 6.30. The van der Waals surface area contributed by atoms with Crippen molar-refractivity contribution in [1.29, 1.82) is 0 Å². The van der Waals surface area contributed by atoms with Crippen molar-refractivity contribution in [2.45, 2.75) is 0 Å². The lowest BCUT2D eigenvalue weighted by molar-refractivity contribution is -0.982. The number of benzene rings is 1. The molecule has 0 saturated heterocycles. The summed E-state index contributed by atoms with van der Waals surface area (Å²) in [6.07, 6.45) is 0. The van der Waals surface area contributed by atoms with Gasteiger partial charge < -0.3 is 5.21 Å². The highest BCUT2D eigenvalue weighted by atomic mass is 35.5. The van der Waals surface area contributed by atoms with Gasteiger partial charge in [-0.1, -0.05) is 11.6 Å². The van der Waals surface area contributed by atoms with E-state index in [1.807, 2.05) is 0 Å². The molecule has 14 heavy (non-hydrogen) atoms. The van der Waals surface area contributed by atoms with E-state index in [1.165, 1.54) is 12.1 Å². The summed E-state index contributed by atoms with van der Waals surface area (Å²) >= 11 is 5.71. The fourth-order valence-corrected chi connectivity index (χ4v) is 1.56. The third kappa shape index (κ3) is 0.796. The van der Waals surface area contributed by atoms with E-state index in [4.69, 9.17) is 16.4 Å². The van der Waals surface area contributed by atoms with Gasteiger partial charge in [-0.15, -0.1) is 4.99 Å². The van der Waals surface area contributed by atoms with E-state index >= 15 is 0 Å². The summed E-state index contributed by atoms with van der Waals surface area (Å²) in [5, 5.41) is 16.0. The van der Waals surface area contributed by atoms with Crippen LogP contribution in [0.25, 0.3) is 0 Å². The SMILES string of the molecule is O=C1N=c2c3cc(Cl)cc2=N[N+]1([O-])O3. The Bertz CT molecular complexity index is 585. The highest BCUT2D eigenvalue weighted by Crippen LogP contribution is 2.23. The van der Waals surface area contributed by atoms with Crippen LogP contribution in [0, 0.1) is 5.21 Å². The molecule has 0 spiro atoms. The topological polar surface area (TPSA) is 74.1 Å². The van der Waals surface area contributed by atoms with Gasteiger partial charge in [-0.25, -0.2) is 0 Å². The third-order valence-electron chi connectivity index (χ3n) is 1.93. The summed E-state index contributed by atoms with van der Waals surface area (Å²) in [7, 11) is 0. The Balaban J connectivity index is 2.55. The van der Waals surface area contributed by atoms with Gasteiger partial charge in [-0.3, -0.25) is 4.84 Å². The Kier molecular flexibility index (Phi) is 1.19. The van der Waals surface area contributed by atoms with Crippen molar-refractivity contribution < 1.29 is 14.6 Å². The van der Waals surface area contributed by atoms with Crippen molar-refractivity contribution in [1.82, 2.24) is 0 Å². The van der Waals surface area contributed by atoms with Gasteiger partial charge in [-0.05, 0) is 11.2 Å². The number of quaternary nitrogens is 1. The van der Waals surface area contributed by atoms with Gasteiger partial charge in [0.15, 0.2) is 10.7 Å². The predicted octanol–water partition coefficient (Wildman–Crippen LogP) is 0.250. The van der Waals surface area contributed by atoms with Crippen LogP contribution in [0.1, 0.15) is 0 Å². The zero-order valence-electron chi connectivity index (χ0n) is 6.60. The first-order valence-electron chi connectivity index (χ1n) is 3.71. The first-order valence-corrected chi connectivity index (χ1v) is 4.09. The first kappa shape index (κ1) is 7.86. The molecule has 0 N–H and O–H groups in total. The predicted molar refractivity (Wildman–Crippen MR) is 43.4 cm³/mol. The number of carbonyl (C=O) groups excluding carboxylic acids is 1. The molecule has 7 heteroatoms. The average Bonchev–Trinajstić information content (AvgIpc) is 2.05. The molecule has 1 aromatic carbocycles. The fourth-order valence-electron chi connectivity index (χ4n) is 1.35. The lowest BCUT2D eigenvalue weighted by atomic mass is 10.3. The summed E-state index contributed by atoms with van der Waals surface area (Å²) in [5.41, 5.74) is 0. The van der Waals surface area contributed by atoms with Crippen molar-refractivity contribution in [3.63, 3.8) is 0 Å². The lowest BCUT2D eigenvalue weighted by Crippen LogP contribution is -2.57. The number of halogens is 1. The largest absolute Gasteiger partial charge is 0.552 e. The summed E-state index contributed by atoms with van der Waals surface area (Å²) in [5.74, 6) is 0.192. The van der Waals surface area contributed by atoms with E-state index in [2.05, 4.69) is 10.1 Å². The van der Waals surface area contributed by atoms with E-state index in [0.717, 1.165) is 0 Å². The lowest BCUT2D eigenvalue weighted by Gasteiger charge is -2.31. The van der Waals surface area contributed by atoms with Gasteiger partial charge in [-0.2, -0.15) is 4.79 Å². The number of urea groups is 1. The zero-order valence-corrected chi connectivity index (χ0v) is 7.35. The monoisotopic (exact) mass is 211 g/mol. The minimum absolute atomic E-state index is 0.192. The molecule has 0 fully saturated rings. The molecule has 1 aromatic rings. The molecule has 6 nitrogen and oxygen atoms in total. The van der Waals surface area contributed by atoms with Gasteiger partial charge in [0.1, 0.15) is 0 Å². The maximum Gasteiger partial charge on any atom is 0.514 e. The van der Waals surface area contributed by atoms with Crippen molar-refractivity contribution in [2.24, 2.45) is 10.1 Å². The van der Waals surface area contributed by atoms with Gasteiger partial charge in [0.25, 0.3) is 0 Å². The van der Waals surface area contributed by atoms with Crippen LogP contribution in [0.2, 0.25) is 5.02 Å². The van der Waals surface area contributed by atoms with Crippen LogP contribution in [0.5, 0.6) is 5.75 Å². The third-order valence-corrected chi connectivity index (χ3v) is 2.15. The van der Waals surface area contributed by atoms with Gasteiger partial charge in [0.2, 0.25) is 5.75 Å². The van der Waals surface area contributed by atoms with Crippen LogP contribution < -0.4 is 15.6 Å². The molecule has 0 aromatic heterocycles. The van der Waals surface area contributed by atoms with Crippen LogP contribution >= 0.6 is 11.6 Å². The standard InChI is InChI=1S/C7H2ClN3O3/c8-3-1-4-6-5(2-3)14-11(13,10-4)7(12)9-6/h1-2H. The highest BCUT2D eigenvalue weighted by Gasteiger charge is 2.40. The number of fused-ring (bicyclic) bond motifs is 1. The van der Waals surface area contributed by atoms with Crippen molar-refractivity contribution in [3.05, 3.63) is 33.1 Å². The summed E-state index contributed by atoms with van der Waals surface area (Å²) in [4.78, 5) is 17.6. The number of hydrogen-bond acceptors (Lipinski definition) is 4. The van der Waals surface area contributed by atoms with Crippen molar-refractivity contribution in [3.8, 4) is 5.75 Å². The molecule has 0 aliphatic carbocycles. The molecule has 1 unspecified atom stereocenters. The molecule has 0 radical (unpaired) electrons. The number of hydroxylamine groups is 2. The normalized spacial score (nSPS) is 26.6. The van der Waals surface area contributed by atoms with Crippen LogP contribution in [0.15, 0.2) is 22.2 Å². The molecule has 4 bridgehead atoms. The molecule has 4 rings (SSSR count). The Morgan fingerprint density at radius 2 is 2.29 bits per heavy atom.